The molecule has 0 aliphatic carbocycles. The highest BCUT2D eigenvalue weighted by atomic mass is 35.5. The van der Waals surface area contributed by atoms with Crippen LogP contribution in [0.2, 0.25) is 5.02 Å². The topological polar surface area (TPSA) is 41.5 Å². The van der Waals surface area contributed by atoms with E-state index in [2.05, 4.69) is 5.32 Å². The molecule has 17 heavy (non-hydrogen) atoms. The number of ether oxygens (including phenoxy) is 1. The number of benzene rings is 1. The van der Waals surface area contributed by atoms with Gasteiger partial charge >= 0.3 is 0 Å². The van der Waals surface area contributed by atoms with Gasteiger partial charge in [-0.15, -0.1) is 0 Å². The van der Waals surface area contributed by atoms with Crippen LogP contribution in [0, 0.1) is 6.92 Å². The number of rotatable bonds is 6. The fraction of sp³-hybridized carbons (Fsp3) is 0.538. The van der Waals surface area contributed by atoms with Crippen LogP contribution in [-0.2, 0) is 6.42 Å². The van der Waals surface area contributed by atoms with Gasteiger partial charge in [-0.05, 0) is 50.1 Å². The van der Waals surface area contributed by atoms with Crippen LogP contribution in [0.25, 0.3) is 0 Å². The molecular formula is C13H20ClNO2. The third-order valence-corrected chi connectivity index (χ3v) is 2.92. The van der Waals surface area contributed by atoms with Gasteiger partial charge in [0, 0.05) is 6.54 Å². The summed E-state index contributed by atoms with van der Waals surface area (Å²) >= 11 is 6.08. The fourth-order valence-electron chi connectivity index (χ4n) is 1.66. The van der Waals surface area contributed by atoms with Gasteiger partial charge in [0.1, 0.15) is 5.75 Å². The van der Waals surface area contributed by atoms with Crippen molar-refractivity contribution in [1.82, 2.24) is 5.32 Å². The molecule has 0 fully saturated rings. The van der Waals surface area contributed by atoms with Gasteiger partial charge in [0.15, 0.2) is 0 Å². The van der Waals surface area contributed by atoms with Crippen LogP contribution < -0.4 is 10.1 Å². The average Bonchev–Trinajstić information content (AvgIpc) is 2.28. The lowest BCUT2D eigenvalue weighted by molar-refractivity contribution is 0.191. The third kappa shape index (κ3) is 4.54. The van der Waals surface area contributed by atoms with Crippen LogP contribution in [0.3, 0.4) is 0 Å². The summed E-state index contributed by atoms with van der Waals surface area (Å²) in [5.41, 5.74) is 2.37. The van der Waals surface area contributed by atoms with Crippen molar-refractivity contribution in [2.75, 3.05) is 20.2 Å². The molecule has 1 rings (SSSR count). The summed E-state index contributed by atoms with van der Waals surface area (Å²) in [5, 5.41) is 12.9. The first-order valence-electron chi connectivity index (χ1n) is 5.76. The predicted molar refractivity (Wildman–Crippen MR) is 71.0 cm³/mol. The molecular weight excluding hydrogens is 238 g/mol. The summed E-state index contributed by atoms with van der Waals surface area (Å²) in [4.78, 5) is 0. The molecule has 0 heterocycles. The second kappa shape index (κ2) is 6.84. The molecule has 0 saturated carbocycles. The van der Waals surface area contributed by atoms with Gasteiger partial charge in [0.2, 0.25) is 0 Å². The molecule has 0 aliphatic heterocycles. The molecule has 1 aromatic carbocycles. The Morgan fingerprint density at radius 2 is 2.18 bits per heavy atom. The summed E-state index contributed by atoms with van der Waals surface area (Å²) in [6.07, 6.45) is 0.581. The number of halogens is 1. The number of aliphatic hydroxyl groups excluding tert-OH is 1. The molecule has 3 nitrogen and oxygen atoms in total. The Balaban J connectivity index is 2.56. The number of hydrogen-bond acceptors (Lipinski definition) is 3. The first kappa shape index (κ1) is 14.3. The van der Waals surface area contributed by atoms with E-state index in [0.717, 1.165) is 13.0 Å². The number of aliphatic hydroxyl groups is 1. The van der Waals surface area contributed by atoms with Gasteiger partial charge in [-0.2, -0.15) is 0 Å². The molecule has 1 unspecified atom stereocenters. The predicted octanol–water partition coefficient (Wildman–Crippen LogP) is 2.17. The Bertz CT molecular complexity index is 367. The average molecular weight is 258 g/mol. The monoisotopic (exact) mass is 257 g/mol. The van der Waals surface area contributed by atoms with Gasteiger partial charge in [-0.25, -0.2) is 0 Å². The molecule has 1 aromatic rings. The zero-order valence-electron chi connectivity index (χ0n) is 10.6. The normalized spacial score (nSPS) is 12.5. The quantitative estimate of drug-likeness (QED) is 0.768. The third-order valence-electron chi connectivity index (χ3n) is 2.62. The zero-order valence-corrected chi connectivity index (χ0v) is 11.3. The Labute approximate surface area is 108 Å². The Hall–Kier alpha value is -0.770. The molecule has 0 amide bonds. The van der Waals surface area contributed by atoms with E-state index in [9.17, 15) is 0 Å². The minimum absolute atomic E-state index is 0.310. The maximum absolute atomic E-state index is 9.12. The van der Waals surface area contributed by atoms with Crippen molar-refractivity contribution in [3.63, 3.8) is 0 Å². The number of aryl methyl sites for hydroxylation is 1. The van der Waals surface area contributed by atoms with Gasteiger partial charge in [0.25, 0.3) is 0 Å². The minimum atomic E-state index is -0.310. The second-order valence-corrected chi connectivity index (χ2v) is 4.62. The highest BCUT2D eigenvalue weighted by Crippen LogP contribution is 2.27. The van der Waals surface area contributed by atoms with Gasteiger partial charge in [0.05, 0.1) is 18.2 Å². The Morgan fingerprint density at radius 1 is 1.47 bits per heavy atom. The Morgan fingerprint density at radius 3 is 2.76 bits per heavy atom. The van der Waals surface area contributed by atoms with Gasteiger partial charge in [-0.3, -0.25) is 0 Å². The van der Waals surface area contributed by atoms with E-state index < -0.39 is 0 Å². The lowest BCUT2D eigenvalue weighted by Gasteiger charge is -2.11. The largest absolute Gasteiger partial charge is 0.495 e. The highest BCUT2D eigenvalue weighted by Gasteiger charge is 2.06. The van der Waals surface area contributed by atoms with Crippen molar-refractivity contribution < 1.29 is 9.84 Å². The highest BCUT2D eigenvalue weighted by molar-refractivity contribution is 6.32. The molecule has 0 saturated heterocycles. The molecule has 0 aliphatic rings. The van der Waals surface area contributed by atoms with Crippen LogP contribution in [-0.4, -0.2) is 31.4 Å². The van der Waals surface area contributed by atoms with Crippen LogP contribution in [0.5, 0.6) is 5.75 Å². The number of hydrogen-bond donors (Lipinski definition) is 2. The lowest BCUT2D eigenvalue weighted by atomic mass is 10.1. The van der Waals surface area contributed by atoms with E-state index >= 15 is 0 Å². The van der Waals surface area contributed by atoms with Crippen molar-refractivity contribution in [1.29, 1.82) is 0 Å². The SMILES string of the molecule is COc1cc(C)c(CCNCC(C)O)cc1Cl. The zero-order chi connectivity index (χ0) is 12.8. The minimum Gasteiger partial charge on any atom is -0.495 e. The molecule has 0 radical (unpaired) electrons. The summed E-state index contributed by atoms with van der Waals surface area (Å²) in [5.74, 6) is 0.713. The smallest absolute Gasteiger partial charge is 0.137 e. The van der Waals surface area contributed by atoms with Gasteiger partial charge in [-0.1, -0.05) is 11.6 Å². The van der Waals surface area contributed by atoms with Crippen LogP contribution >= 0.6 is 11.6 Å². The van der Waals surface area contributed by atoms with E-state index in [4.69, 9.17) is 21.4 Å². The summed E-state index contributed by atoms with van der Waals surface area (Å²) < 4.78 is 5.16. The first-order valence-corrected chi connectivity index (χ1v) is 6.14. The van der Waals surface area contributed by atoms with E-state index in [1.807, 2.05) is 19.1 Å². The van der Waals surface area contributed by atoms with E-state index in [1.54, 1.807) is 14.0 Å². The maximum Gasteiger partial charge on any atom is 0.137 e. The molecule has 0 spiro atoms. The molecule has 2 N–H and O–H groups in total. The molecule has 96 valence electrons. The molecule has 0 aromatic heterocycles. The van der Waals surface area contributed by atoms with Crippen molar-refractivity contribution in [2.24, 2.45) is 0 Å². The molecule has 0 bridgehead atoms. The standard InChI is InChI=1S/C13H20ClNO2/c1-9-6-13(17-3)12(14)7-11(9)4-5-15-8-10(2)16/h6-7,10,15-16H,4-5,8H2,1-3H3. The van der Waals surface area contributed by atoms with Crippen LogP contribution in [0.15, 0.2) is 12.1 Å². The van der Waals surface area contributed by atoms with Gasteiger partial charge < -0.3 is 15.2 Å². The maximum atomic E-state index is 9.12. The van der Waals surface area contributed by atoms with Crippen molar-refractivity contribution in [3.05, 3.63) is 28.3 Å². The van der Waals surface area contributed by atoms with E-state index in [-0.39, 0.29) is 6.10 Å². The molecule has 4 heteroatoms. The first-order chi connectivity index (χ1) is 8.04. The number of methoxy groups -OCH3 is 1. The van der Waals surface area contributed by atoms with Crippen LogP contribution in [0.1, 0.15) is 18.1 Å². The second-order valence-electron chi connectivity index (χ2n) is 4.22. The summed E-state index contributed by atoms with van der Waals surface area (Å²) in [7, 11) is 1.62. The lowest BCUT2D eigenvalue weighted by Crippen LogP contribution is -2.26. The summed E-state index contributed by atoms with van der Waals surface area (Å²) in [6.45, 7) is 5.25. The van der Waals surface area contributed by atoms with E-state index in [1.165, 1.54) is 11.1 Å². The fourth-order valence-corrected chi connectivity index (χ4v) is 1.92. The Kier molecular flexibility index (Phi) is 5.75. The van der Waals surface area contributed by atoms with Crippen LogP contribution in [0.4, 0.5) is 0 Å². The van der Waals surface area contributed by atoms with Crippen molar-refractivity contribution in [2.45, 2.75) is 26.4 Å². The molecule has 1 atom stereocenters. The van der Waals surface area contributed by atoms with E-state index in [0.29, 0.717) is 17.3 Å². The number of nitrogens with one attached hydrogen (secondary N) is 1. The van der Waals surface area contributed by atoms with Crippen molar-refractivity contribution in [3.8, 4) is 5.75 Å². The van der Waals surface area contributed by atoms with Crippen molar-refractivity contribution >= 4 is 11.6 Å². The summed E-state index contributed by atoms with van der Waals surface area (Å²) in [6, 6.07) is 3.89.